The summed E-state index contributed by atoms with van der Waals surface area (Å²) in [4.78, 5) is 23.8. The van der Waals surface area contributed by atoms with Crippen LogP contribution in [-0.4, -0.2) is 39.9 Å². The van der Waals surface area contributed by atoms with Crippen LogP contribution >= 0.6 is 0 Å². The maximum atomic E-state index is 13.5. The number of nitrogens with zero attached hydrogens (tertiary/aromatic N) is 4. The summed E-state index contributed by atoms with van der Waals surface area (Å²) in [6.45, 7) is 5.14. The Kier molecular flexibility index (Phi) is 5.43. The molecular weight excluding hydrogens is 432 g/mol. The number of rotatable bonds is 4. The van der Waals surface area contributed by atoms with Crippen LogP contribution in [0.3, 0.4) is 0 Å². The first-order chi connectivity index (χ1) is 15.1. The van der Waals surface area contributed by atoms with Crippen LogP contribution < -0.4 is 0 Å². The zero-order chi connectivity index (χ0) is 23.2. The predicted octanol–water partition coefficient (Wildman–Crippen LogP) is 3.15. The molecule has 2 heterocycles. The van der Waals surface area contributed by atoms with E-state index in [0.29, 0.717) is 13.0 Å². The van der Waals surface area contributed by atoms with Crippen molar-refractivity contribution in [2.45, 2.75) is 38.6 Å². The molecule has 4 rings (SSSR count). The number of carbonyl (C=O) groups is 1. The lowest BCUT2D eigenvalue weighted by molar-refractivity contribution is -0.385. The van der Waals surface area contributed by atoms with Crippen molar-refractivity contribution in [3.8, 4) is 0 Å². The number of fused-ring (bicyclic) bond motifs is 1. The van der Waals surface area contributed by atoms with Crippen LogP contribution in [0.25, 0.3) is 0 Å². The van der Waals surface area contributed by atoms with Crippen LogP contribution in [0, 0.1) is 30.9 Å². The van der Waals surface area contributed by atoms with Gasteiger partial charge in [0, 0.05) is 24.7 Å². The largest absolute Gasteiger partial charge is 0.278 e. The van der Waals surface area contributed by atoms with Gasteiger partial charge in [0.1, 0.15) is 4.90 Å². The summed E-state index contributed by atoms with van der Waals surface area (Å²) in [5.74, 6) is -0.614. The van der Waals surface area contributed by atoms with E-state index < -0.39 is 20.9 Å². The van der Waals surface area contributed by atoms with Crippen LogP contribution in [0.5, 0.6) is 0 Å². The van der Waals surface area contributed by atoms with E-state index in [1.54, 1.807) is 6.92 Å². The van der Waals surface area contributed by atoms with E-state index in [1.165, 1.54) is 36.4 Å². The molecule has 0 N–H and O–H groups in total. The van der Waals surface area contributed by atoms with Crippen LogP contribution in [-0.2, 0) is 23.0 Å². The molecule has 166 valence electrons. The first-order valence-electron chi connectivity index (χ1n) is 10.0. The van der Waals surface area contributed by atoms with Crippen molar-refractivity contribution in [2.24, 2.45) is 0 Å². The number of nitro groups is 1. The third kappa shape index (κ3) is 3.51. The number of aromatic nitrogens is 2. The van der Waals surface area contributed by atoms with E-state index in [0.717, 1.165) is 15.8 Å². The molecule has 9 nitrogen and oxygen atoms in total. The molecule has 0 aliphatic carbocycles. The van der Waals surface area contributed by atoms with Crippen molar-refractivity contribution >= 4 is 21.6 Å². The zero-order valence-corrected chi connectivity index (χ0v) is 18.7. The van der Waals surface area contributed by atoms with Crippen LogP contribution in [0.15, 0.2) is 47.4 Å². The highest BCUT2D eigenvalue weighted by atomic mass is 32.2. The average Bonchev–Trinajstić information content (AvgIpc) is 3.07. The van der Waals surface area contributed by atoms with Gasteiger partial charge < -0.3 is 0 Å². The number of benzene rings is 2. The summed E-state index contributed by atoms with van der Waals surface area (Å²) in [5, 5.41) is 15.4. The maximum absolute atomic E-state index is 13.5. The van der Waals surface area contributed by atoms with Gasteiger partial charge in [0.05, 0.1) is 21.9 Å². The highest BCUT2D eigenvalue weighted by molar-refractivity contribution is 7.89. The van der Waals surface area contributed by atoms with Crippen molar-refractivity contribution in [3.63, 3.8) is 0 Å². The monoisotopic (exact) mass is 454 g/mol. The van der Waals surface area contributed by atoms with Crippen molar-refractivity contribution in [1.29, 1.82) is 0 Å². The summed E-state index contributed by atoms with van der Waals surface area (Å²) < 4.78 is 29.4. The molecule has 0 bridgehead atoms. The van der Waals surface area contributed by atoms with Crippen molar-refractivity contribution < 1.29 is 18.1 Å². The van der Waals surface area contributed by atoms with Gasteiger partial charge in [-0.3, -0.25) is 14.9 Å². The third-order valence-electron chi connectivity index (χ3n) is 5.84. The second-order valence-corrected chi connectivity index (χ2v) is 9.66. The van der Waals surface area contributed by atoms with E-state index in [-0.39, 0.29) is 39.6 Å². The Bertz CT molecular complexity index is 1360. The number of carbonyl (C=O) groups excluding carboxylic acids is 1. The summed E-state index contributed by atoms with van der Waals surface area (Å²) in [6, 6.07) is 11.9. The zero-order valence-electron chi connectivity index (χ0n) is 17.9. The first kappa shape index (κ1) is 21.8. The summed E-state index contributed by atoms with van der Waals surface area (Å²) in [5.41, 5.74) is 2.58. The lowest BCUT2D eigenvalue weighted by Crippen LogP contribution is -2.36. The van der Waals surface area contributed by atoms with Crippen LogP contribution in [0.2, 0.25) is 0 Å². The van der Waals surface area contributed by atoms with Gasteiger partial charge in [-0.15, -0.1) is 0 Å². The van der Waals surface area contributed by atoms with Crippen molar-refractivity contribution in [1.82, 2.24) is 14.1 Å². The van der Waals surface area contributed by atoms with E-state index in [2.05, 4.69) is 5.10 Å². The van der Waals surface area contributed by atoms with E-state index in [4.69, 9.17) is 0 Å². The number of hydrogen-bond acceptors (Lipinski definition) is 6. The van der Waals surface area contributed by atoms with Crippen LogP contribution in [0.4, 0.5) is 5.69 Å². The fourth-order valence-electron chi connectivity index (χ4n) is 4.17. The van der Waals surface area contributed by atoms with Gasteiger partial charge >= 0.3 is 0 Å². The molecule has 1 aromatic heterocycles. The lowest BCUT2D eigenvalue weighted by atomic mass is 10.0. The molecule has 10 heteroatoms. The fourth-order valence-corrected chi connectivity index (χ4v) is 5.94. The summed E-state index contributed by atoms with van der Waals surface area (Å²) in [6.07, 6.45) is 0.605. The van der Waals surface area contributed by atoms with E-state index in [9.17, 15) is 23.3 Å². The summed E-state index contributed by atoms with van der Waals surface area (Å²) in [7, 11) is -3.90. The molecular formula is C22H22N4O5S. The Hall–Kier alpha value is -3.37. The number of hydrogen-bond donors (Lipinski definition) is 0. The Morgan fingerprint density at radius 2 is 1.75 bits per heavy atom. The topological polar surface area (TPSA) is 115 Å². The van der Waals surface area contributed by atoms with Gasteiger partial charge in [0.25, 0.3) is 11.6 Å². The SMILES string of the molecule is Cc1nn(C(=O)c2cccc([N+](=O)[O-])c2C)c(C)c1S(=O)(=O)N1CCc2ccccc2C1. The molecule has 2 aromatic carbocycles. The molecule has 32 heavy (non-hydrogen) atoms. The Morgan fingerprint density at radius 1 is 1.06 bits per heavy atom. The number of aryl methyl sites for hydroxylation is 1. The average molecular weight is 455 g/mol. The second kappa shape index (κ2) is 7.95. The molecule has 3 aromatic rings. The standard InChI is InChI=1S/C22H22N4O5S/c1-14-19(9-6-10-20(14)26(28)29)22(27)25-16(3)21(15(2)23-25)32(30,31)24-12-11-17-7-4-5-8-18(17)13-24/h4-10H,11-13H2,1-3H3. The molecule has 0 atom stereocenters. The Morgan fingerprint density at radius 3 is 2.44 bits per heavy atom. The van der Waals surface area contributed by atoms with Crippen molar-refractivity contribution in [3.05, 3.63) is 86.2 Å². The smallest absolute Gasteiger partial charge is 0.267 e. The molecule has 0 spiro atoms. The normalized spacial score (nSPS) is 14.2. The van der Waals surface area contributed by atoms with Gasteiger partial charge in [-0.25, -0.2) is 8.42 Å². The maximum Gasteiger partial charge on any atom is 0.278 e. The molecule has 0 fully saturated rings. The molecule has 1 aliphatic rings. The number of nitro benzene ring substituents is 1. The minimum atomic E-state index is -3.90. The summed E-state index contributed by atoms with van der Waals surface area (Å²) >= 11 is 0. The minimum Gasteiger partial charge on any atom is -0.267 e. The molecule has 0 radical (unpaired) electrons. The minimum absolute atomic E-state index is 0.00619. The van der Waals surface area contributed by atoms with Gasteiger partial charge in [-0.05, 0) is 44.4 Å². The second-order valence-electron chi connectivity index (χ2n) is 7.78. The lowest BCUT2D eigenvalue weighted by Gasteiger charge is -2.28. The van der Waals surface area contributed by atoms with Crippen LogP contribution in [0.1, 0.15) is 38.4 Å². The van der Waals surface area contributed by atoms with E-state index in [1.807, 2.05) is 24.3 Å². The highest BCUT2D eigenvalue weighted by Gasteiger charge is 2.34. The molecule has 1 aliphatic heterocycles. The van der Waals surface area contributed by atoms with E-state index >= 15 is 0 Å². The molecule has 0 unspecified atom stereocenters. The Labute approximate surface area is 185 Å². The molecule has 0 saturated heterocycles. The molecule has 0 amide bonds. The van der Waals surface area contributed by atoms with Gasteiger partial charge in [-0.1, -0.05) is 30.3 Å². The third-order valence-corrected chi connectivity index (χ3v) is 7.94. The number of sulfonamides is 1. The van der Waals surface area contributed by atoms with Gasteiger partial charge in [0.15, 0.2) is 0 Å². The van der Waals surface area contributed by atoms with Crippen molar-refractivity contribution in [2.75, 3.05) is 6.54 Å². The van der Waals surface area contributed by atoms with Gasteiger partial charge in [-0.2, -0.15) is 14.1 Å². The quantitative estimate of drug-likeness (QED) is 0.442. The fraction of sp³-hybridized carbons (Fsp3) is 0.273. The highest BCUT2D eigenvalue weighted by Crippen LogP contribution is 2.29. The molecule has 0 saturated carbocycles. The van der Waals surface area contributed by atoms with Gasteiger partial charge in [0.2, 0.25) is 10.0 Å². The Balaban J connectivity index is 1.73. The predicted molar refractivity (Wildman–Crippen MR) is 117 cm³/mol. The first-order valence-corrected chi connectivity index (χ1v) is 11.5.